The first kappa shape index (κ1) is 22.1. The number of fused-ring (bicyclic) bond motifs is 5. The van der Waals surface area contributed by atoms with Crippen LogP contribution < -0.4 is 0 Å². The van der Waals surface area contributed by atoms with E-state index in [1.165, 1.54) is 33.0 Å². The first-order chi connectivity index (χ1) is 19.3. The summed E-state index contributed by atoms with van der Waals surface area (Å²) < 4.78 is 22.7. The molecule has 2 nitrogen and oxygen atoms in total. The maximum atomic E-state index is 7.85. The molecule has 0 amide bonds. The van der Waals surface area contributed by atoms with Crippen LogP contribution in [0.15, 0.2) is 122 Å². The van der Waals surface area contributed by atoms with Gasteiger partial charge >= 0.3 is 0 Å². The van der Waals surface area contributed by atoms with E-state index in [9.17, 15) is 0 Å². The number of benzene rings is 4. The van der Waals surface area contributed by atoms with Gasteiger partial charge in [-0.2, -0.15) is 0 Å². The molecule has 1 radical (unpaired) electrons. The van der Waals surface area contributed by atoms with E-state index in [0.29, 0.717) is 23.8 Å². The van der Waals surface area contributed by atoms with Gasteiger partial charge in [0.25, 0.3) is 0 Å². The Bertz CT molecular complexity index is 1840. The molecule has 38 heavy (non-hydrogen) atoms. The van der Waals surface area contributed by atoms with Crippen LogP contribution >= 0.6 is 0 Å². The molecular weight excluding hydrogens is 641 g/mol. The minimum atomic E-state index is -0.0642. The zero-order chi connectivity index (χ0) is 27.9. The van der Waals surface area contributed by atoms with Crippen molar-refractivity contribution in [2.24, 2.45) is 0 Å². The van der Waals surface area contributed by atoms with Gasteiger partial charge in [0.2, 0.25) is 0 Å². The zero-order valence-electron chi connectivity index (χ0n) is 24.0. The van der Waals surface area contributed by atoms with Crippen molar-refractivity contribution in [3.63, 3.8) is 0 Å². The fourth-order valence-corrected chi connectivity index (χ4v) is 5.13. The van der Waals surface area contributed by atoms with E-state index in [1.807, 2.05) is 0 Å². The van der Waals surface area contributed by atoms with Crippen LogP contribution in [-0.4, -0.2) is 9.97 Å². The summed E-state index contributed by atoms with van der Waals surface area (Å²) >= 11 is 0. The Balaban J connectivity index is 0.000000192. The first-order valence-electron chi connectivity index (χ1n) is 13.7. The topological polar surface area (TPSA) is 25.8 Å². The Morgan fingerprint density at radius 2 is 1.42 bits per heavy atom. The molecule has 0 aliphatic heterocycles. The van der Waals surface area contributed by atoms with Crippen LogP contribution in [0, 0.1) is 12.1 Å². The minimum Gasteiger partial charge on any atom is -0.305 e. The van der Waals surface area contributed by atoms with E-state index in [4.69, 9.17) is 4.11 Å². The van der Waals surface area contributed by atoms with Crippen molar-refractivity contribution in [2.45, 2.75) is 19.3 Å². The van der Waals surface area contributed by atoms with Crippen molar-refractivity contribution < 1.29 is 24.2 Å². The minimum absolute atomic E-state index is 0. The molecule has 2 heterocycles. The quantitative estimate of drug-likeness (QED) is 0.173. The van der Waals surface area contributed by atoms with Gasteiger partial charge in [0.15, 0.2) is 0 Å². The van der Waals surface area contributed by atoms with Gasteiger partial charge in [-0.05, 0) is 50.8 Å². The smallest absolute Gasteiger partial charge is 0.0616 e. The summed E-state index contributed by atoms with van der Waals surface area (Å²) in [6.07, 6.45) is 3.27. The molecule has 7 rings (SSSR count). The maximum absolute atomic E-state index is 7.85. The predicted molar refractivity (Wildman–Crippen MR) is 152 cm³/mol. The number of aromatic nitrogens is 2. The van der Waals surface area contributed by atoms with Gasteiger partial charge in [-0.15, -0.1) is 65.2 Å². The molecule has 1 aliphatic rings. The second-order valence-electron chi connectivity index (χ2n) is 9.49. The standard InChI is InChI=1S/C24H18N.C11H8N.Ir/c1-24(2)21-13-11-17(22-9-5-6-14-25-22)15-20(21)19-12-10-16-7-3-4-8-18(16)23(19)24;1-2-6-10(7-3-1)11-8-4-5-9-12-11;/h3-10,12-15H,1-2H3;1-6,8-9H;/q2*-1;/i5D;2D,4D;. The predicted octanol–water partition coefficient (Wildman–Crippen LogP) is 8.55. The Morgan fingerprint density at radius 1 is 0.711 bits per heavy atom. The van der Waals surface area contributed by atoms with Crippen LogP contribution in [0.5, 0.6) is 0 Å². The molecule has 2 aromatic heterocycles. The molecule has 0 atom stereocenters. The average molecular weight is 670 g/mol. The molecule has 0 saturated heterocycles. The molecule has 187 valence electrons. The molecule has 4 aromatic carbocycles. The average Bonchev–Trinajstić information content (AvgIpc) is 3.20. The van der Waals surface area contributed by atoms with Crippen LogP contribution in [0.4, 0.5) is 0 Å². The van der Waals surface area contributed by atoms with Crippen LogP contribution in [0.3, 0.4) is 0 Å². The molecule has 1 aliphatic carbocycles. The summed E-state index contributed by atoms with van der Waals surface area (Å²) in [5, 5.41) is 2.60. The molecule has 3 heteroatoms. The van der Waals surface area contributed by atoms with Gasteiger partial charge in [-0.1, -0.05) is 80.0 Å². The Morgan fingerprint density at radius 3 is 2.16 bits per heavy atom. The summed E-state index contributed by atoms with van der Waals surface area (Å²) in [5.41, 5.74) is 8.35. The normalized spacial score (nSPS) is 13.6. The molecule has 0 fully saturated rings. The Labute approximate surface area is 242 Å². The SMILES string of the molecule is [2H]c1cc[c-]c(-c2cc([2H])ccn2)c1.[2H]c1ccnc(-c2[c-]cc3c(c2)-c2ccc4ccccc4c2C3(C)C)c1.[Ir]. The zero-order valence-corrected chi connectivity index (χ0v) is 23.4. The van der Waals surface area contributed by atoms with Gasteiger partial charge in [0, 0.05) is 33.9 Å². The molecule has 0 unspecified atom stereocenters. The van der Waals surface area contributed by atoms with Crippen molar-refractivity contribution in [2.75, 3.05) is 0 Å². The summed E-state index contributed by atoms with van der Waals surface area (Å²) in [4.78, 5) is 8.54. The van der Waals surface area contributed by atoms with E-state index in [1.54, 1.807) is 54.9 Å². The van der Waals surface area contributed by atoms with E-state index in [0.717, 1.165) is 16.8 Å². The van der Waals surface area contributed by atoms with E-state index < -0.39 is 0 Å². The van der Waals surface area contributed by atoms with E-state index in [2.05, 4.69) is 84.5 Å². The van der Waals surface area contributed by atoms with Gasteiger partial charge in [-0.3, -0.25) is 0 Å². The summed E-state index contributed by atoms with van der Waals surface area (Å²) in [5.74, 6) is 0. The Hall–Kier alpha value is -3.91. The summed E-state index contributed by atoms with van der Waals surface area (Å²) in [6, 6.07) is 36.8. The van der Waals surface area contributed by atoms with E-state index in [-0.39, 0.29) is 25.5 Å². The van der Waals surface area contributed by atoms with Crippen molar-refractivity contribution in [3.8, 4) is 33.6 Å². The third-order valence-corrected chi connectivity index (χ3v) is 6.88. The summed E-state index contributed by atoms with van der Waals surface area (Å²) in [6.45, 7) is 4.58. The first-order valence-corrected chi connectivity index (χ1v) is 12.2. The number of hydrogen-bond acceptors (Lipinski definition) is 2. The maximum Gasteiger partial charge on any atom is 0.0616 e. The Kier molecular flexibility index (Phi) is 6.30. The van der Waals surface area contributed by atoms with Crippen LogP contribution in [0.25, 0.3) is 44.4 Å². The van der Waals surface area contributed by atoms with Crippen molar-refractivity contribution in [1.82, 2.24) is 9.97 Å². The van der Waals surface area contributed by atoms with Crippen LogP contribution in [0.2, 0.25) is 0 Å². The number of hydrogen-bond donors (Lipinski definition) is 0. The second-order valence-corrected chi connectivity index (χ2v) is 9.49. The summed E-state index contributed by atoms with van der Waals surface area (Å²) in [7, 11) is 0. The molecule has 6 aromatic rings. The number of nitrogens with zero attached hydrogens (tertiary/aromatic N) is 2. The van der Waals surface area contributed by atoms with Gasteiger partial charge in [0.1, 0.15) is 0 Å². The fourth-order valence-electron chi connectivity index (χ4n) is 5.13. The van der Waals surface area contributed by atoms with Gasteiger partial charge in [-0.25, -0.2) is 0 Å². The second kappa shape index (κ2) is 10.8. The van der Waals surface area contributed by atoms with Crippen molar-refractivity contribution in [1.29, 1.82) is 0 Å². The molecule has 0 spiro atoms. The molecule has 0 saturated carbocycles. The number of rotatable bonds is 2. The molecule has 0 bridgehead atoms. The molecule has 0 N–H and O–H groups in total. The van der Waals surface area contributed by atoms with Crippen molar-refractivity contribution >= 4 is 10.8 Å². The monoisotopic (exact) mass is 670 g/mol. The third kappa shape index (κ3) is 4.72. The van der Waals surface area contributed by atoms with E-state index >= 15 is 0 Å². The third-order valence-electron chi connectivity index (χ3n) is 6.88. The van der Waals surface area contributed by atoms with Gasteiger partial charge < -0.3 is 9.97 Å². The number of pyridine rings is 2. The van der Waals surface area contributed by atoms with Crippen LogP contribution in [0.1, 0.15) is 29.1 Å². The fraction of sp³-hybridized carbons (Fsp3) is 0.0857. The van der Waals surface area contributed by atoms with Crippen molar-refractivity contribution in [3.05, 3.63) is 145 Å². The molecular formula is C35H26IrN2-2. The largest absolute Gasteiger partial charge is 0.305 e. The van der Waals surface area contributed by atoms with Gasteiger partial charge in [0.05, 0.1) is 2.74 Å². The van der Waals surface area contributed by atoms with Crippen LogP contribution in [-0.2, 0) is 25.5 Å².